The number of methoxy groups -OCH3 is 2. The van der Waals surface area contributed by atoms with Crippen LogP contribution in [0, 0.1) is 6.92 Å². The fourth-order valence-corrected chi connectivity index (χ4v) is 4.13. The van der Waals surface area contributed by atoms with Crippen molar-refractivity contribution in [2.24, 2.45) is 7.05 Å². The number of nitrogens with zero attached hydrogens (tertiary/aromatic N) is 1. The number of nitrogens with one attached hydrogen (secondary N) is 1. The second-order valence-electron chi connectivity index (χ2n) is 8.60. The summed E-state index contributed by atoms with van der Waals surface area (Å²) in [6.45, 7) is 3.43. The quantitative estimate of drug-likeness (QED) is 0.369. The number of aryl methyl sites for hydroxylation is 1. The van der Waals surface area contributed by atoms with Gasteiger partial charge in [-0.15, -0.1) is 0 Å². The van der Waals surface area contributed by atoms with Crippen molar-refractivity contribution in [1.82, 2.24) is 4.57 Å². The summed E-state index contributed by atoms with van der Waals surface area (Å²) >= 11 is 0. The second-order valence-corrected chi connectivity index (χ2v) is 8.60. The standard InChI is InChI=1S/C29H28N2O6/c1-17-10-12-19(13-11-17)25-21-8-6-7-9-22(21)28(33)31(3)26(25)29(34)37-18(2)27(32)30-23-16-20(35-4)14-15-24(23)36-5/h6-16,18H,1-5H3,(H,30,32). The minimum Gasteiger partial charge on any atom is -0.497 e. The van der Waals surface area contributed by atoms with Gasteiger partial charge >= 0.3 is 5.97 Å². The molecular weight excluding hydrogens is 472 g/mol. The van der Waals surface area contributed by atoms with Crippen LogP contribution in [0.4, 0.5) is 5.69 Å². The molecule has 1 heterocycles. The molecule has 1 aromatic heterocycles. The van der Waals surface area contributed by atoms with E-state index in [1.807, 2.05) is 37.3 Å². The molecule has 8 heteroatoms. The lowest BCUT2D eigenvalue weighted by Crippen LogP contribution is -2.33. The van der Waals surface area contributed by atoms with E-state index in [0.29, 0.717) is 33.5 Å². The summed E-state index contributed by atoms with van der Waals surface area (Å²) in [7, 11) is 4.51. The van der Waals surface area contributed by atoms with Gasteiger partial charge in [0.05, 0.1) is 19.9 Å². The summed E-state index contributed by atoms with van der Waals surface area (Å²) in [5, 5.41) is 3.82. The first kappa shape index (κ1) is 25.5. The van der Waals surface area contributed by atoms with E-state index >= 15 is 0 Å². The van der Waals surface area contributed by atoms with E-state index in [1.54, 1.807) is 36.4 Å². The average molecular weight is 501 g/mol. The molecule has 0 radical (unpaired) electrons. The Balaban J connectivity index is 1.71. The van der Waals surface area contributed by atoms with Crippen molar-refractivity contribution in [2.45, 2.75) is 20.0 Å². The van der Waals surface area contributed by atoms with Crippen LogP contribution in [0.1, 0.15) is 23.0 Å². The van der Waals surface area contributed by atoms with Crippen LogP contribution in [-0.4, -0.2) is 36.8 Å². The van der Waals surface area contributed by atoms with Gasteiger partial charge in [-0.3, -0.25) is 9.59 Å². The van der Waals surface area contributed by atoms with Gasteiger partial charge in [0.2, 0.25) is 0 Å². The average Bonchev–Trinajstić information content (AvgIpc) is 2.90. The Morgan fingerprint density at radius 2 is 1.59 bits per heavy atom. The second kappa shape index (κ2) is 10.6. The Morgan fingerprint density at radius 3 is 2.24 bits per heavy atom. The Morgan fingerprint density at radius 1 is 0.919 bits per heavy atom. The number of esters is 1. The molecule has 8 nitrogen and oxygen atoms in total. The predicted octanol–water partition coefficient (Wildman–Crippen LogP) is 4.72. The van der Waals surface area contributed by atoms with Gasteiger partial charge in [0.25, 0.3) is 11.5 Å². The van der Waals surface area contributed by atoms with Gasteiger partial charge in [-0.1, -0.05) is 48.0 Å². The number of amides is 1. The Kier molecular flexibility index (Phi) is 7.29. The fourth-order valence-electron chi connectivity index (χ4n) is 4.13. The molecule has 190 valence electrons. The third-order valence-corrected chi connectivity index (χ3v) is 6.15. The van der Waals surface area contributed by atoms with Crippen molar-refractivity contribution >= 4 is 28.3 Å². The lowest BCUT2D eigenvalue weighted by molar-refractivity contribution is -0.123. The monoisotopic (exact) mass is 500 g/mol. The molecule has 0 saturated heterocycles. The van der Waals surface area contributed by atoms with Gasteiger partial charge in [-0.25, -0.2) is 4.79 Å². The Bertz CT molecular complexity index is 1540. The van der Waals surface area contributed by atoms with Crippen molar-refractivity contribution in [1.29, 1.82) is 0 Å². The molecule has 0 saturated carbocycles. The van der Waals surface area contributed by atoms with E-state index in [0.717, 1.165) is 11.1 Å². The first-order chi connectivity index (χ1) is 17.7. The number of ether oxygens (including phenoxy) is 3. The van der Waals surface area contributed by atoms with E-state index in [9.17, 15) is 14.4 Å². The molecule has 1 N–H and O–H groups in total. The number of anilines is 1. The molecule has 1 amide bonds. The van der Waals surface area contributed by atoms with Crippen LogP contribution in [0.3, 0.4) is 0 Å². The highest BCUT2D eigenvalue weighted by molar-refractivity contribution is 6.07. The number of fused-ring (bicyclic) bond motifs is 1. The molecule has 0 aliphatic rings. The van der Waals surface area contributed by atoms with Crippen LogP contribution in [-0.2, 0) is 16.6 Å². The number of carbonyl (C=O) groups excluding carboxylic acids is 2. The number of hydrogen-bond acceptors (Lipinski definition) is 6. The summed E-state index contributed by atoms with van der Waals surface area (Å²) in [4.78, 5) is 39.6. The normalized spacial score (nSPS) is 11.6. The van der Waals surface area contributed by atoms with E-state index in [-0.39, 0.29) is 11.3 Å². The molecule has 0 bridgehead atoms. The number of rotatable bonds is 7. The highest BCUT2D eigenvalue weighted by Crippen LogP contribution is 2.32. The van der Waals surface area contributed by atoms with Crippen LogP contribution in [0.25, 0.3) is 21.9 Å². The Labute approximate surface area is 214 Å². The molecule has 1 unspecified atom stereocenters. The highest BCUT2D eigenvalue weighted by atomic mass is 16.5. The van der Waals surface area contributed by atoms with Gasteiger partial charge < -0.3 is 24.1 Å². The highest BCUT2D eigenvalue weighted by Gasteiger charge is 2.27. The summed E-state index contributed by atoms with van der Waals surface area (Å²) in [6, 6.07) is 19.7. The van der Waals surface area contributed by atoms with E-state index < -0.39 is 18.0 Å². The minimum absolute atomic E-state index is 0.0613. The van der Waals surface area contributed by atoms with Crippen LogP contribution in [0.2, 0.25) is 0 Å². The minimum atomic E-state index is -1.17. The zero-order valence-corrected chi connectivity index (χ0v) is 21.3. The molecule has 0 fully saturated rings. The third kappa shape index (κ3) is 5.04. The largest absolute Gasteiger partial charge is 0.497 e. The van der Waals surface area contributed by atoms with E-state index in [4.69, 9.17) is 14.2 Å². The van der Waals surface area contributed by atoms with Crippen LogP contribution in [0.5, 0.6) is 11.5 Å². The maximum absolute atomic E-state index is 13.5. The molecule has 37 heavy (non-hydrogen) atoms. The lowest BCUT2D eigenvalue weighted by atomic mass is 9.96. The topological polar surface area (TPSA) is 95.9 Å². The van der Waals surface area contributed by atoms with E-state index in [2.05, 4.69) is 5.32 Å². The molecule has 1 atom stereocenters. The van der Waals surface area contributed by atoms with Crippen molar-refractivity contribution in [3.8, 4) is 22.6 Å². The molecule has 0 spiro atoms. The summed E-state index contributed by atoms with van der Waals surface area (Å²) < 4.78 is 17.4. The first-order valence-corrected chi connectivity index (χ1v) is 11.7. The van der Waals surface area contributed by atoms with Crippen molar-refractivity contribution in [3.05, 3.63) is 88.3 Å². The summed E-state index contributed by atoms with van der Waals surface area (Å²) in [5.41, 5.74) is 2.46. The Hall–Kier alpha value is -4.59. The van der Waals surface area contributed by atoms with Gasteiger partial charge in [0, 0.05) is 24.1 Å². The third-order valence-electron chi connectivity index (χ3n) is 6.15. The number of benzene rings is 3. The van der Waals surface area contributed by atoms with Gasteiger partial charge in [0.1, 0.15) is 17.2 Å². The van der Waals surface area contributed by atoms with E-state index in [1.165, 1.54) is 32.8 Å². The fraction of sp³-hybridized carbons (Fsp3) is 0.207. The maximum Gasteiger partial charge on any atom is 0.356 e. The van der Waals surface area contributed by atoms with Gasteiger partial charge in [-0.2, -0.15) is 0 Å². The number of hydrogen-bond donors (Lipinski definition) is 1. The maximum atomic E-state index is 13.5. The summed E-state index contributed by atoms with van der Waals surface area (Å²) in [6.07, 6.45) is -1.17. The van der Waals surface area contributed by atoms with Crippen LogP contribution >= 0.6 is 0 Å². The molecule has 3 aromatic carbocycles. The van der Waals surface area contributed by atoms with Crippen molar-refractivity contribution < 1.29 is 23.8 Å². The number of pyridine rings is 1. The SMILES string of the molecule is COc1ccc(OC)c(NC(=O)C(C)OC(=O)c2c(-c3ccc(C)cc3)c3ccccc3c(=O)n2C)c1. The molecule has 4 rings (SSSR count). The number of carbonyl (C=O) groups is 2. The number of aromatic nitrogens is 1. The van der Waals surface area contributed by atoms with Crippen LogP contribution in [0.15, 0.2) is 71.5 Å². The summed E-state index contributed by atoms with van der Waals surface area (Å²) in [5.74, 6) is -0.412. The predicted molar refractivity (Wildman–Crippen MR) is 142 cm³/mol. The zero-order chi connectivity index (χ0) is 26.7. The molecule has 0 aliphatic carbocycles. The van der Waals surface area contributed by atoms with Gasteiger partial charge in [-0.05, 0) is 43.0 Å². The molecular formula is C29H28N2O6. The van der Waals surface area contributed by atoms with Gasteiger partial charge in [0.15, 0.2) is 6.10 Å². The van der Waals surface area contributed by atoms with Crippen molar-refractivity contribution in [2.75, 3.05) is 19.5 Å². The molecule has 0 aliphatic heterocycles. The molecule has 4 aromatic rings. The first-order valence-electron chi connectivity index (χ1n) is 11.7. The zero-order valence-electron chi connectivity index (χ0n) is 21.3. The smallest absolute Gasteiger partial charge is 0.356 e. The lowest BCUT2D eigenvalue weighted by Gasteiger charge is -2.19. The van der Waals surface area contributed by atoms with Crippen molar-refractivity contribution in [3.63, 3.8) is 0 Å². The van der Waals surface area contributed by atoms with Crippen LogP contribution < -0.4 is 20.3 Å².